The predicted molar refractivity (Wildman–Crippen MR) is 98.9 cm³/mol. The van der Waals surface area contributed by atoms with E-state index in [1.54, 1.807) is 7.11 Å². The largest absolute Gasteiger partial charge is 0.496 e. The Morgan fingerprint density at radius 3 is 2.80 bits per heavy atom. The van der Waals surface area contributed by atoms with Crippen molar-refractivity contribution in [3.63, 3.8) is 0 Å². The van der Waals surface area contributed by atoms with Crippen molar-refractivity contribution in [2.45, 2.75) is 31.3 Å². The molecule has 4 heteroatoms. The van der Waals surface area contributed by atoms with Gasteiger partial charge in [0, 0.05) is 36.3 Å². The fraction of sp³-hybridized carbons (Fsp3) is 0.381. The summed E-state index contributed by atoms with van der Waals surface area (Å²) in [6.45, 7) is 1.65. The van der Waals surface area contributed by atoms with E-state index >= 15 is 0 Å². The zero-order chi connectivity index (χ0) is 17.2. The fourth-order valence-electron chi connectivity index (χ4n) is 4.01. The molecule has 2 aliphatic heterocycles. The molecular formula is C21H24N2O2. The van der Waals surface area contributed by atoms with Crippen LogP contribution in [0.2, 0.25) is 0 Å². The highest BCUT2D eigenvalue weighted by atomic mass is 16.5. The second-order valence-corrected chi connectivity index (χ2v) is 6.96. The number of hydrogen-bond donors (Lipinski definition) is 1. The van der Waals surface area contributed by atoms with E-state index in [0.29, 0.717) is 12.1 Å². The summed E-state index contributed by atoms with van der Waals surface area (Å²) < 4.78 is 5.46. The quantitative estimate of drug-likeness (QED) is 0.935. The molecule has 4 rings (SSSR count). The summed E-state index contributed by atoms with van der Waals surface area (Å²) in [5.74, 6) is 0.953. The van der Waals surface area contributed by atoms with Crippen LogP contribution in [0.15, 0.2) is 48.5 Å². The third kappa shape index (κ3) is 3.27. The Bertz CT molecular complexity index is 774. The van der Waals surface area contributed by atoms with Crippen LogP contribution in [0.25, 0.3) is 11.1 Å². The van der Waals surface area contributed by atoms with Crippen LogP contribution < -0.4 is 10.1 Å². The van der Waals surface area contributed by atoms with E-state index in [-0.39, 0.29) is 5.91 Å². The summed E-state index contributed by atoms with van der Waals surface area (Å²) in [6, 6.07) is 16.8. The van der Waals surface area contributed by atoms with Gasteiger partial charge in [0.1, 0.15) is 5.75 Å². The lowest BCUT2D eigenvalue weighted by atomic mass is 10.0. The standard InChI is InChI=1S/C21H24N2O2/c1-25-20-8-3-2-7-19(20)15-5-4-6-16(13-15)21(24)23-12-11-17-9-10-18(14-23)22-17/h2-8,13,17-18,22H,9-12,14H2,1H3/t17-,18+/m1/s1. The molecule has 2 atom stereocenters. The number of carbonyl (C=O) groups excluding carboxylic acids is 1. The van der Waals surface area contributed by atoms with Gasteiger partial charge in [-0.1, -0.05) is 30.3 Å². The number of amides is 1. The first-order valence-electron chi connectivity index (χ1n) is 9.03. The van der Waals surface area contributed by atoms with E-state index in [1.807, 2.05) is 53.4 Å². The lowest BCUT2D eigenvalue weighted by Crippen LogP contribution is -2.39. The molecule has 2 aromatic carbocycles. The number of hydrogen-bond acceptors (Lipinski definition) is 3. The van der Waals surface area contributed by atoms with Gasteiger partial charge in [0.05, 0.1) is 7.11 Å². The lowest BCUT2D eigenvalue weighted by molar-refractivity contribution is 0.0748. The van der Waals surface area contributed by atoms with Crippen LogP contribution in [0.3, 0.4) is 0 Å². The molecule has 2 aliphatic rings. The number of fused-ring (bicyclic) bond motifs is 2. The van der Waals surface area contributed by atoms with Gasteiger partial charge < -0.3 is 15.0 Å². The summed E-state index contributed by atoms with van der Waals surface area (Å²) in [6.07, 6.45) is 3.47. The first-order valence-corrected chi connectivity index (χ1v) is 9.03. The third-order valence-corrected chi connectivity index (χ3v) is 5.34. The van der Waals surface area contributed by atoms with Gasteiger partial charge in [-0.15, -0.1) is 0 Å². The van der Waals surface area contributed by atoms with E-state index < -0.39 is 0 Å². The van der Waals surface area contributed by atoms with Crippen molar-refractivity contribution in [2.75, 3.05) is 20.2 Å². The third-order valence-electron chi connectivity index (χ3n) is 5.34. The molecule has 2 saturated heterocycles. The highest BCUT2D eigenvalue weighted by Gasteiger charge is 2.31. The Labute approximate surface area is 148 Å². The van der Waals surface area contributed by atoms with Gasteiger partial charge in [-0.3, -0.25) is 4.79 Å². The summed E-state index contributed by atoms with van der Waals surface area (Å²) in [4.78, 5) is 15.0. The number of nitrogens with zero attached hydrogens (tertiary/aromatic N) is 1. The molecule has 0 spiro atoms. The van der Waals surface area contributed by atoms with Crippen molar-refractivity contribution >= 4 is 5.91 Å². The molecular weight excluding hydrogens is 312 g/mol. The van der Waals surface area contributed by atoms with Gasteiger partial charge in [-0.25, -0.2) is 0 Å². The highest BCUT2D eigenvalue weighted by molar-refractivity contribution is 5.95. The van der Waals surface area contributed by atoms with Crippen LogP contribution in [-0.4, -0.2) is 43.1 Å². The smallest absolute Gasteiger partial charge is 0.253 e. The molecule has 130 valence electrons. The lowest BCUT2D eigenvalue weighted by Gasteiger charge is -2.24. The molecule has 2 heterocycles. The highest BCUT2D eigenvalue weighted by Crippen LogP contribution is 2.30. The average molecular weight is 336 g/mol. The van der Waals surface area contributed by atoms with Crippen molar-refractivity contribution in [3.8, 4) is 16.9 Å². The number of likely N-dealkylation sites (tertiary alicyclic amines) is 1. The van der Waals surface area contributed by atoms with Gasteiger partial charge >= 0.3 is 0 Å². The number of ether oxygens (including phenoxy) is 1. The normalized spacial score (nSPS) is 22.5. The first kappa shape index (κ1) is 16.2. The Hall–Kier alpha value is -2.33. The number of nitrogens with one attached hydrogen (secondary N) is 1. The van der Waals surface area contributed by atoms with Crippen molar-refractivity contribution in [3.05, 3.63) is 54.1 Å². The van der Waals surface area contributed by atoms with Crippen LogP contribution in [0.5, 0.6) is 5.75 Å². The molecule has 0 unspecified atom stereocenters. The van der Waals surface area contributed by atoms with Gasteiger partial charge in [-0.05, 0) is 43.0 Å². The molecule has 0 saturated carbocycles. The Morgan fingerprint density at radius 2 is 1.92 bits per heavy atom. The van der Waals surface area contributed by atoms with Crippen molar-refractivity contribution in [1.29, 1.82) is 0 Å². The Morgan fingerprint density at radius 1 is 1.08 bits per heavy atom. The maximum atomic E-state index is 13.0. The molecule has 4 nitrogen and oxygen atoms in total. The van der Waals surface area contributed by atoms with E-state index in [2.05, 4.69) is 5.32 Å². The minimum Gasteiger partial charge on any atom is -0.496 e. The number of para-hydroxylation sites is 1. The molecule has 1 N–H and O–H groups in total. The zero-order valence-corrected chi connectivity index (χ0v) is 14.6. The topological polar surface area (TPSA) is 41.6 Å². The SMILES string of the molecule is COc1ccccc1-c1cccc(C(=O)N2CC[C@H]3CC[C@@H](C2)N3)c1. The summed E-state index contributed by atoms with van der Waals surface area (Å²) in [7, 11) is 1.67. The molecule has 2 fully saturated rings. The zero-order valence-electron chi connectivity index (χ0n) is 14.6. The second-order valence-electron chi connectivity index (χ2n) is 6.96. The monoisotopic (exact) mass is 336 g/mol. The number of rotatable bonds is 3. The van der Waals surface area contributed by atoms with Gasteiger partial charge in [-0.2, -0.15) is 0 Å². The molecule has 0 aliphatic carbocycles. The molecule has 2 bridgehead atoms. The number of methoxy groups -OCH3 is 1. The predicted octanol–water partition coefficient (Wildman–Crippen LogP) is 3.33. The Balaban J connectivity index is 1.59. The molecule has 2 aromatic rings. The molecule has 0 aromatic heterocycles. The van der Waals surface area contributed by atoms with Crippen LogP contribution in [0.4, 0.5) is 0 Å². The van der Waals surface area contributed by atoms with Crippen LogP contribution in [0.1, 0.15) is 29.6 Å². The van der Waals surface area contributed by atoms with E-state index in [4.69, 9.17) is 4.74 Å². The fourth-order valence-corrected chi connectivity index (χ4v) is 4.01. The molecule has 25 heavy (non-hydrogen) atoms. The Kier molecular flexibility index (Phi) is 4.45. The maximum Gasteiger partial charge on any atom is 0.253 e. The average Bonchev–Trinajstić information content (AvgIpc) is 3.00. The second kappa shape index (κ2) is 6.89. The van der Waals surface area contributed by atoms with Crippen LogP contribution >= 0.6 is 0 Å². The van der Waals surface area contributed by atoms with Gasteiger partial charge in [0.25, 0.3) is 5.91 Å². The minimum absolute atomic E-state index is 0.131. The van der Waals surface area contributed by atoms with Crippen LogP contribution in [0, 0.1) is 0 Å². The number of carbonyl (C=O) groups is 1. The number of benzene rings is 2. The van der Waals surface area contributed by atoms with E-state index in [1.165, 1.54) is 12.8 Å². The maximum absolute atomic E-state index is 13.0. The van der Waals surface area contributed by atoms with Crippen molar-refractivity contribution in [2.24, 2.45) is 0 Å². The summed E-state index contributed by atoms with van der Waals surface area (Å²) in [5, 5.41) is 3.63. The summed E-state index contributed by atoms with van der Waals surface area (Å²) >= 11 is 0. The first-order chi connectivity index (χ1) is 12.2. The molecule has 1 amide bonds. The van der Waals surface area contributed by atoms with Gasteiger partial charge in [0.15, 0.2) is 0 Å². The van der Waals surface area contributed by atoms with Gasteiger partial charge in [0.2, 0.25) is 0 Å². The van der Waals surface area contributed by atoms with E-state index in [0.717, 1.165) is 42.0 Å². The van der Waals surface area contributed by atoms with Crippen molar-refractivity contribution < 1.29 is 9.53 Å². The van der Waals surface area contributed by atoms with Crippen LogP contribution in [-0.2, 0) is 0 Å². The van der Waals surface area contributed by atoms with Crippen molar-refractivity contribution in [1.82, 2.24) is 10.2 Å². The summed E-state index contributed by atoms with van der Waals surface area (Å²) in [5.41, 5.74) is 2.77. The van der Waals surface area contributed by atoms with E-state index in [9.17, 15) is 4.79 Å². The molecule has 0 radical (unpaired) electrons. The minimum atomic E-state index is 0.131.